The highest BCUT2D eigenvalue weighted by Gasteiger charge is 2.23. The van der Waals surface area contributed by atoms with E-state index in [9.17, 15) is 8.42 Å². The Hall–Kier alpha value is -1.65. The van der Waals surface area contributed by atoms with Gasteiger partial charge in [0.25, 0.3) is 10.0 Å². The van der Waals surface area contributed by atoms with Gasteiger partial charge in [-0.15, -0.1) is 16.2 Å². The van der Waals surface area contributed by atoms with Gasteiger partial charge in [0.15, 0.2) is 0 Å². The fourth-order valence-corrected chi connectivity index (χ4v) is 7.12. The molecule has 1 aromatic heterocycles. The molecule has 0 atom stereocenters. The van der Waals surface area contributed by atoms with E-state index in [4.69, 9.17) is 11.6 Å². The largest absolute Gasteiger partial charge is 0.368 e. The van der Waals surface area contributed by atoms with E-state index in [1.54, 1.807) is 31.1 Å². The number of hydrogen-bond acceptors (Lipinski definition) is 5. The maximum atomic E-state index is 12.6. The van der Waals surface area contributed by atoms with Gasteiger partial charge in [0.05, 0.1) is 5.02 Å². The van der Waals surface area contributed by atoms with Gasteiger partial charge in [-0.2, -0.15) is 8.42 Å². The third-order valence-electron chi connectivity index (χ3n) is 5.62. The van der Waals surface area contributed by atoms with Crippen LogP contribution in [0.4, 0.5) is 0 Å². The van der Waals surface area contributed by atoms with Crippen molar-refractivity contribution in [2.75, 3.05) is 27.2 Å². The topological polar surface area (TPSA) is 65.9 Å². The Bertz CT molecular complexity index is 1310. The fourth-order valence-electron chi connectivity index (χ4n) is 3.86. The Morgan fingerprint density at radius 3 is 2.71 bits per heavy atom. The molecule has 0 aliphatic carbocycles. The molecule has 0 radical (unpaired) electrons. The highest BCUT2D eigenvalue weighted by Crippen LogP contribution is 2.37. The number of sulfonamides is 1. The molecule has 0 saturated carbocycles. The quantitative estimate of drug-likeness (QED) is 0.264. The van der Waals surface area contributed by atoms with Gasteiger partial charge in [-0.3, -0.25) is 9.88 Å². The van der Waals surface area contributed by atoms with E-state index >= 15 is 0 Å². The summed E-state index contributed by atoms with van der Waals surface area (Å²) in [5.74, 6) is 0. The second kappa shape index (κ2) is 11.0. The number of aromatic nitrogens is 1. The number of hydrogen-bond donors (Lipinski definition) is 0. The van der Waals surface area contributed by atoms with E-state index < -0.39 is 10.0 Å². The molecule has 2 aromatic carbocycles. The van der Waals surface area contributed by atoms with Crippen LogP contribution in [0.1, 0.15) is 18.4 Å². The monoisotopic (exact) mass is 580 g/mol. The van der Waals surface area contributed by atoms with Gasteiger partial charge in [0, 0.05) is 53.0 Å². The molecular formula is C24H26BrClN4O2S2. The van der Waals surface area contributed by atoms with Crippen molar-refractivity contribution in [3.05, 3.63) is 63.9 Å². The normalized spacial score (nSPS) is 15.9. The molecule has 1 aliphatic rings. The Balaban J connectivity index is 1.39. The molecule has 0 spiro atoms. The van der Waals surface area contributed by atoms with Gasteiger partial charge >= 0.3 is 0 Å². The number of fused-ring (bicyclic) bond motifs is 1. The Kier molecular flexibility index (Phi) is 8.20. The Labute approximate surface area is 218 Å². The summed E-state index contributed by atoms with van der Waals surface area (Å²) in [7, 11) is -0.412. The molecule has 1 aliphatic heterocycles. The van der Waals surface area contributed by atoms with Crippen molar-refractivity contribution in [3.63, 3.8) is 0 Å². The second-order valence-corrected chi connectivity index (χ2v) is 12.7. The minimum absolute atomic E-state index is 0.0477. The van der Waals surface area contributed by atoms with Crippen molar-refractivity contribution in [1.82, 2.24) is 14.8 Å². The predicted molar refractivity (Wildman–Crippen MR) is 144 cm³/mol. The van der Waals surface area contributed by atoms with Crippen LogP contribution in [-0.2, 0) is 16.6 Å². The lowest BCUT2D eigenvalue weighted by molar-refractivity contribution is 0.224. The molecule has 1 fully saturated rings. The van der Waals surface area contributed by atoms with Gasteiger partial charge in [0.1, 0.15) is 11.2 Å². The third kappa shape index (κ3) is 6.31. The van der Waals surface area contributed by atoms with E-state index in [1.165, 1.54) is 16.6 Å². The van der Waals surface area contributed by atoms with Crippen molar-refractivity contribution in [1.29, 1.82) is 0 Å². The Morgan fingerprint density at radius 2 is 1.97 bits per heavy atom. The number of piperidine rings is 1. The Morgan fingerprint density at radius 1 is 1.21 bits per heavy atom. The van der Waals surface area contributed by atoms with Crippen LogP contribution in [0.3, 0.4) is 0 Å². The molecule has 3 aromatic rings. The van der Waals surface area contributed by atoms with Gasteiger partial charge in [-0.05, 0) is 83.1 Å². The van der Waals surface area contributed by atoms with Crippen LogP contribution in [0, 0.1) is 0 Å². The standard InChI is InChI=1S/C24H26BrClN4O2S2/c1-29(2)16-28-34(31,32)24-11-17(3-4-22(24)26)15-30-9-6-20(7-10-30)33-23-13-18-5-8-27-14-19(18)12-21(23)25/h3-5,8,11-14,16,20H,6-7,9-10,15H2,1-2H3. The van der Waals surface area contributed by atoms with Crippen molar-refractivity contribution >= 4 is 66.4 Å². The van der Waals surface area contributed by atoms with Crippen LogP contribution in [0.15, 0.2) is 67.5 Å². The SMILES string of the molecule is CN(C)C=NS(=O)(=O)c1cc(CN2CCC(Sc3cc4ccncc4cc3Br)CC2)ccc1Cl. The average Bonchev–Trinajstić information content (AvgIpc) is 2.81. The number of pyridine rings is 1. The van der Waals surface area contributed by atoms with E-state index in [-0.39, 0.29) is 9.92 Å². The van der Waals surface area contributed by atoms with Crippen LogP contribution >= 0.6 is 39.3 Å². The van der Waals surface area contributed by atoms with Gasteiger partial charge in [-0.25, -0.2) is 0 Å². The lowest BCUT2D eigenvalue weighted by Gasteiger charge is -2.32. The number of likely N-dealkylation sites (tertiary alicyclic amines) is 1. The number of halogens is 2. The highest BCUT2D eigenvalue weighted by molar-refractivity contribution is 9.10. The minimum Gasteiger partial charge on any atom is -0.368 e. The second-order valence-electron chi connectivity index (χ2n) is 8.52. The minimum atomic E-state index is -3.85. The van der Waals surface area contributed by atoms with Crippen molar-refractivity contribution in [3.8, 4) is 0 Å². The molecule has 10 heteroatoms. The van der Waals surface area contributed by atoms with Gasteiger partial charge in [0.2, 0.25) is 0 Å². The first kappa shape index (κ1) is 25.4. The summed E-state index contributed by atoms with van der Waals surface area (Å²) in [5.41, 5.74) is 0.917. The molecule has 0 bridgehead atoms. The summed E-state index contributed by atoms with van der Waals surface area (Å²) in [6, 6.07) is 11.6. The third-order valence-corrected chi connectivity index (χ3v) is 9.64. The van der Waals surface area contributed by atoms with E-state index in [2.05, 4.69) is 42.3 Å². The molecule has 0 unspecified atom stereocenters. The first-order valence-corrected chi connectivity index (χ1v) is 14.4. The first-order chi connectivity index (χ1) is 16.2. The molecule has 180 valence electrons. The molecule has 0 N–H and O–H groups in total. The summed E-state index contributed by atoms with van der Waals surface area (Å²) in [6.45, 7) is 2.59. The maximum absolute atomic E-state index is 12.6. The molecule has 34 heavy (non-hydrogen) atoms. The van der Waals surface area contributed by atoms with E-state index in [0.29, 0.717) is 11.8 Å². The van der Waals surface area contributed by atoms with Crippen LogP contribution in [0.2, 0.25) is 5.02 Å². The predicted octanol–water partition coefficient (Wildman–Crippen LogP) is 5.69. The number of benzene rings is 2. The molecule has 6 nitrogen and oxygen atoms in total. The summed E-state index contributed by atoms with van der Waals surface area (Å²) in [6.07, 6.45) is 7.11. The van der Waals surface area contributed by atoms with Crippen molar-refractivity contribution in [2.45, 2.75) is 34.4 Å². The van der Waals surface area contributed by atoms with Crippen molar-refractivity contribution in [2.24, 2.45) is 4.40 Å². The molecular weight excluding hydrogens is 556 g/mol. The summed E-state index contributed by atoms with van der Waals surface area (Å²) in [4.78, 5) is 9.44. The smallest absolute Gasteiger partial charge is 0.285 e. The summed E-state index contributed by atoms with van der Waals surface area (Å²) < 4.78 is 30.0. The lowest BCUT2D eigenvalue weighted by Crippen LogP contribution is -2.34. The zero-order valence-corrected chi connectivity index (χ0v) is 23.0. The maximum Gasteiger partial charge on any atom is 0.285 e. The fraction of sp³-hybridized carbons (Fsp3) is 0.333. The van der Waals surface area contributed by atoms with Crippen molar-refractivity contribution < 1.29 is 8.42 Å². The zero-order chi connectivity index (χ0) is 24.3. The summed E-state index contributed by atoms with van der Waals surface area (Å²) in [5, 5.41) is 3.05. The van der Waals surface area contributed by atoms with Crippen LogP contribution < -0.4 is 0 Å². The number of thioether (sulfide) groups is 1. The zero-order valence-electron chi connectivity index (χ0n) is 19.0. The highest BCUT2D eigenvalue weighted by atomic mass is 79.9. The molecule has 4 rings (SSSR count). The first-order valence-electron chi connectivity index (χ1n) is 10.9. The number of nitrogens with zero attached hydrogens (tertiary/aromatic N) is 4. The van der Waals surface area contributed by atoms with Gasteiger partial charge < -0.3 is 4.90 Å². The van der Waals surface area contributed by atoms with E-state index in [1.807, 2.05) is 36.3 Å². The van der Waals surface area contributed by atoms with E-state index in [0.717, 1.165) is 41.4 Å². The average molecular weight is 582 g/mol. The molecule has 0 amide bonds. The van der Waals surface area contributed by atoms with Crippen LogP contribution in [0.25, 0.3) is 10.8 Å². The number of rotatable bonds is 7. The molecule has 1 saturated heterocycles. The van der Waals surface area contributed by atoms with Crippen LogP contribution in [-0.4, -0.2) is 62.0 Å². The van der Waals surface area contributed by atoms with Gasteiger partial charge in [-0.1, -0.05) is 17.7 Å². The lowest BCUT2D eigenvalue weighted by atomic mass is 10.1. The molecule has 2 heterocycles. The summed E-state index contributed by atoms with van der Waals surface area (Å²) >= 11 is 11.8. The van der Waals surface area contributed by atoms with Crippen LogP contribution in [0.5, 0.6) is 0 Å².